The summed E-state index contributed by atoms with van der Waals surface area (Å²) in [4.78, 5) is 2.42. The van der Waals surface area contributed by atoms with Gasteiger partial charge in [0.05, 0.1) is 5.69 Å². The molecule has 1 heterocycles. The van der Waals surface area contributed by atoms with E-state index in [1.807, 2.05) is 6.07 Å². The molecule has 1 aliphatic rings. The van der Waals surface area contributed by atoms with Crippen molar-refractivity contribution >= 4 is 38.6 Å². The van der Waals surface area contributed by atoms with E-state index in [2.05, 4.69) is 248 Å². The van der Waals surface area contributed by atoms with Crippen LogP contribution in [0.5, 0.6) is 11.5 Å². The lowest BCUT2D eigenvalue weighted by molar-refractivity contribution is 0.487. The molecule has 0 fully saturated rings. The Morgan fingerprint density at radius 1 is 0.266 bits per heavy atom. The number of hydrogen-bond donors (Lipinski definition) is 0. The first-order valence-electron chi connectivity index (χ1n) is 21.9. The normalized spacial score (nSPS) is 11.6. The average Bonchev–Trinajstić information content (AvgIpc) is 3.37. The molecular weight excluding hydrogens is 775 g/mol. The zero-order valence-corrected chi connectivity index (χ0v) is 35.0. The minimum absolute atomic E-state index is 0.886. The maximum atomic E-state index is 6.40. The topological polar surface area (TPSA) is 12.5 Å². The van der Waals surface area contributed by atoms with Crippen LogP contribution in [0, 0.1) is 0 Å². The highest BCUT2D eigenvalue weighted by Crippen LogP contribution is 2.49. The summed E-state index contributed by atoms with van der Waals surface area (Å²) in [6.07, 6.45) is 0. The van der Waals surface area contributed by atoms with E-state index < -0.39 is 0 Å². The van der Waals surface area contributed by atoms with Crippen molar-refractivity contribution in [3.05, 3.63) is 249 Å². The fraction of sp³-hybridized carbons (Fsp3) is 0. The molecule has 0 saturated carbocycles. The number of para-hydroxylation sites is 2. The van der Waals surface area contributed by atoms with Crippen molar-refractivity contribution in [2.24, 2.45) is 0 Å². The van der Waals surface area contributed by atoms with Gasteiger partial charge in [-0.25, -0.2) is 0 Å². The Balaban J connectivity index is 1.01. The third kappa shape index (κ3) is 6.61. The second kappa shape index (κ2) is 15.8. The van der Waals surface area contributed by atoms with Crippen molar-refractivity contribution < 1.29 is 4.74 Å². The van der Waals surface area contributed by atoms with E-state index in [0.717, 1.165) is 67.2 Å². The van der Waals surface area contributed by atoms with Crippen LogP contribution in [0.1, 0.15) is 0 Å². The molecular formula is C62H41NO. The molecule has 0 spiro atoms. The molecule has 64 heavy (non-hydrogen) atoms. The van der Waals surface area contributed by atoms with Crippen molar-refractivity contribution in [3.63, 3.8) is 0 Å². The van der Waals surface area contributed by atoms with Crippen LogP contribution in [-0.2, 0) is 0 Å². The first kappa shape index (κ1) is 37.3. The number of nitrogens with zero attached hydrogens (tertiary/aromatic N) is 1. The van der Waals surface area contributed by atoms with Gasteiger partial charge in [0.1, 0.15) is 11.5 Å². The summed E-state index contributed by atoms with van der Waals surface area (Å²) in [6.45, 7) is 0. The summed E-state index contributed by atoms with van der Waals surface area (Å²) in [5, 5.41) is 4.75. The molecule has 12 rings (SSSR count). The predicted molar refractivity (Wildman–Crippen MR) is 269 cm³/mol. The summed E-state index contributed by atoms with van der Waals surface area (Å²) in [5.74, 6) is 1.78. The van der Waals surface area contributed by atoms with E-state index in [1.54, 1.807) is 0 Å². The summed E-state index contributed by atoms with van der Waals surface area (Å²) in [5.41, 5.74) is 17.4. The predicted octanol–water partition coefficient (Wildman–Crippen LogP) is 17.6. The fourth-order valence-electron chi connectivity index (χ4n) is 9.62. The number of benzene rings is 11. The molecule has 0 bridgehead atoms. The smallest absolute Gasteiger partial charge is 0.135 e. The second-order valence-electron chi connectivity index (χ2n) is 16.4. The Hall–Kier alpha value is -8.46. The molecule has 300 valence electrons. The summed E-state index contributed by atoms with van der Waals surface area (Å²) in [6, 6.07) is 89.8. The van der Waals surface area contributed by atoms with Gasteiger partial charge in [-0.3, -0.25) is 0 Å². The molecule has 2 nitrogen and oxygen atoms in total. The highest BCUT2D eigenvalue weighted by Gasteiger charge is 2.23. The van der Waals surface area contributed by atoms with Gasteiger partial charge in [-0.15, -0.1) is 0 Å². The lowest BCUT2D eigenvalue weighted by Crippen LogP contribution is -2.11. The molecule has 0 N–H and O–H groups in total. The van der Waals surface area contributed by atoms with Gasteiger partial charge in [-0.05, 0) is 132 Å². The second-order valence-corrected chi connectivity index (χ2v) is 16.4. The number of ether oxygens (including phenoxy) is 1. The first-order valence-corrected chi connectivity index (χ1v) is 21.9. The molecule has 0 aliphatic carbocycles. The van der Waals surface area contributed by atoms with Crippen LogP contribution in [-0.4, -0.2) is 0 Å². The SMILES string of the molecule is c1ccc(-c2ccc(-c3ccc(N(c4cccc(-c5cc6c7c(cccc7c5)Oc5ccccc5-6)c4)c4ccccc4-c4cccc5ccccc45)cc3)cc2-c2ccccc2)cc1. The lowest BCUT2D eigenvalue weighted by Gasteiger charge is -2.29. The number of hydrogen-bond acceptors (Lipinski definition) is 2. The van der Waals surface area contributed by atoms with Crippen LogP contribution in [0.2, 0.25) is 0 Å². The molecule has 0 amide bonds. The highest BCUT2D eigenvalue weighted by atomic mass is 16.5. The van der Waals surface area contributed by atoms with Gasteiger partial charge < -0.3 is 9.64 Å². The molecule has 0 aromatic heterocycles. The molecule has 11 aromatic rings. The zero-order valence-electron chi connectivity index (χ0n) is 35.0. The highest BCUT2D eigenvalue weighted by molar-refractivity contribution is 6.07. The van der Waals surface area contributed by atoms with Crippen molar-refractivity contribution in [2.45, 2.75) is 0 Å². The molecule has 0 radical (unpaired) electrons. The third-order valence-electron chi connectivity index (χ3n) is 12.6. The lowest BCUT2D eigenvalue weighted by atomic mass is 9.90. The molecule has 11 aromatic carbocycles. The number of anilines is 3. The molecule has 0 unspecified atom stereocenters. The summed E-state index contributed by atoms with van der Waals surface area (Å²) >= 11 is 0. The van der Waals surface area contributed by atoms with Crippen molar-refractivity contribution in [2.75, 3.05) is 4.90 Å². The Morgan fingerprint density at radius 2 is 0.844 bits per heavy atom. The monoisotopic (exact) mass is 815 g/mol. The zero-order chi connectivity index (χ0) is 42.4. The Morgan fingerprint density at radius 3 is 1.69 bits per heavy atom. The van der Waals surface area contributed by atoms with Crippen LogP contribution in [0.25, 0.3) is 88.3 Å². The first-order chi connectivity index (χ1) is 31.7. The molecule has 1 aliphatic heterocycles. The van der Waals surface area contributed by atoms with Crippen LogP contribution < -0.4 is 9.64 Å². The van der Waals surface area contributed by atoms with Crippen molar-refractivity contribution in [1.82, 2.24) is 0 Å². The summed E-state index contributed by atoms with van der Waals surface area (Å²) in [7, 11) is 0. The molecule has 0 saturated heterocycles. The summed E-state index contributed by atoms with van der Waals surface area (Å²) < 4.78 is 6.40. The Kier molecular flexibility index (Phi) is 9.20. The van der Waals surface area contributed by atoms with E-state index >= 15 is 0 Å². The molecule has 0 atom stereocenters. The fourth-order valence-corrected chi connectivity index (χ4v) is 9.62. The van der Waals surface area contributed by atoms with Crippen LogP contribution in [0.4, 0.5) is 17.1 Å². The maximum Gasteiger partial charge on any atom is 0.135 e. The Labute approximate surface area is 373 Å². The van der Waals surface area contributed by atoms with Gasteiger partial charge in [-0.1, -0.05) is 188 Å². The van der Waals surface area contributed by atoms with E-state index in [-0.39, 0.29) is 0 Å². The van der Waals surface area contributed by atoms with Gasteiger partial charge in [0.25, 0.3) is 0 Å². The van der Waals surface area contributed by atoms with Crippen molar-refractivity contribution in [1.29, 1.82) is 0 Å². The third-order valence-corrected chi connectivity index (χ3v) is 12.6. The Bertz CT molecular complexity index is 3510. The quantitative estimate of drug-likeness (QED) is 0.151. The molecule has 2 heteroatoms. The minimum Gasteiger partial charge on any atom is -0.456 e. The van der Waals surface area contributed by atoms with E-state index in [1.165, 1.54) is 49.7 Å². The van der Waals surface area contributed by atoms with Gasteiger partial charge in [0.2, 0.25) is 0 Å². The number of rotatable bonds is 8. The van der Waals surface area contributed by atoms with Gasteiger partial charge in [0, 0.05) is 27.9 Å². The van der Waals surface area contributed by atoms with Gasteiger partial charge >= 0.3 is 0 Å². The average molecular weight is 816 g/mol. The van der Waals surface area contributed by atoms with Gasteiger partial charge in [0.15, 0.2) is 0 Å². The van der Waals surface area contributed by atoms with E-state index in [0.29, 0.717) is 0 Å². The minimum atomic E-state index is 0.886. The maximum absolute atomic E-state index is 6.40. The standard InChI is InChI=1S/C62H41NO/c1-3-16-43(17-4-1)53-37-34-47(40-57(53)45-18-5-2-6-19-45)42-32-35-50(36-33-42)63(59-29-11-9-26-55(59)54-28-14-21-44-20-7-8-25-52(44)54)51-24-13-22-46(39-51)49-38-48-23-15-31-61-62(48)58(41-49)56-27-10-12-30-60(56)64-61/h1-41H. The van der Waals surface area contributed by atoms with Crippen LogP contribution >= 0.6 is 0 Å². The number of fused-ring (bicyclic) bond motifs is 3. The van der Waals surface area contributed by atoms with E-state index in [4.69, 9.17) is 4.74 Å². The van der Waals surface area contributed by atoms with Crippen LogP contribution in [0.3, 0.4) is 0 Å². The van der Waals surface area contributed by atoms with Gasteiger partial charge in [-0.2, -0.15) is 0 Å². The van der Waals surface area contributed by atoms with E-state index in [9.17, 15) is 0 Å². The van der Waals surface area contributed by atoms with Crippen molar-refractivity contribution in [3.8, 4) is 78.3 Å². The largest absolute Gasteiger partial charge is 0.456 e. The van der Waals surface area contributed by atoms with Crippen LogP contribution in [0.15, 0.2) is 249 Å².